The predicted molar refractivity (Wildman–Crippen MR) is 97.3 cm³/mol. The number of nitrogens with zero attached hydrogens (tertiary/aromatic N) is 3. The molecule has 0 aliphatic rings. The highest BCUT2D eigenvalue weighted by molar-refractivity contribution is 5.79. The molecular formula is C18H32N4O. The minimum Gasteiger partial charge on any atom is -0.383 e. The van der Waals surface area contributed by atoms with Crippen LogP contribution in [0.1, 0.15) is 37.9 Å². The smallest absolute Gasteiger partial charge is 0.0658 e. The third-order valence-electron chi connectivity index (χ3n) is 3.78. The highest BCUT2D eigenvalue weighted by atomic mass is 16.5. The van der Waals surface area contributed by atoms with Crippen molar-refractivity contribution in [3.05, 3.63) is 29.6 Å². The van der Waals surface area contributed by atoms with Crippen LogP contribution in [-0.2, 0) is 11.3 Å². The van der Waals surface area contributed by atoms with Gasteiger partial charge in [-0.05, 0) is 56.7 Å². The van der Waals surface area contributed by atoms with Gasteiger partial charge in [-0.3, -0.25) is 9.98 Å². The first kappa shape index (κ1) is 19.7. The van der Waals surface area contributed by atoms with Crippen LogP contribution in [0.3, 0.4) is 0 Å². The lowest BCUT2D eigenvalue weighted by Crippen LogP contribution is -2.25. The Morgan fingerprint density at radius 3 is 2.87 bits per heavy atom. The van der Waals surface area contributed by atoms with E-state index in [0.717, 1.165) is 37.4 Å². The number of hydrogen-bond acceptors (Lipinski definition) is 5. The number of methoxy groups -OCH3 is 1. The van der Waals surface area contributed by atoms with Crippen molar-refractivity contribution in [3.63, 3.8) is 0 Å². The molecule has 1 heterocycles. The third-order valence-corrected chi connectivity index (χ3v) is 3.78. The molecule has 0 atom stereocenters. The lowest BCUT2D eigenvalue weighted by Gasteiger charge is -2.17. The van der Waals surface area contributed by atoms with Gasteiger partial charge in [-0.2, -0.15) is 0 Å². The highest BCUT2D eigenvalue weighted by Crippen LogP contribution is 2.00. The van der Waals surface area contributed by atoms with Gasteiger partial charge in [0.05, 0.1) is 18.8 Å². The Kier molecular flexibility index (Phi) is 11.3. The summed E-state index contributed by atoms with van der Waals surface area (Å²) in [6.45, 7) is 11.1. The van der Waals surface area contributed by atoms with E-state index in [9.17, 15) is 0 Å². The maximum atomic E-state index is 4.98. The van der Waals surface area contributed by atoms with Crippen LogP contribution in [0.5, 0.6) is 0 Å². The number of hydrogen-bond donors (Lipinski definition) is 1. The molecule has 0 fully saturated rings. The van der Waals surface area contributed by atoms with E-state index < -0.39 is 0 Å². The molecule has 0 aromatic carbocycles. The minimum atomic E-state index is 0.656. The van der Waals surface area contributed by atoms with Gasteiger partial charge in [-0.1, -0.05) is 13.8 Å². The van der Waals surface area contributed by atoms with E-state index in [1.54, 1.807) is 7.11 Å². The molecule has 0 saturated carbocycles. The van der Waals surface area contributed by atoms with Crippen molar-refractivity contribution in [2.24, 2.45) is 4.99 Å². The first-order chi connectivity index (χ1) is 11.3. The summed E-state index contributed by atoms with van der Waals surface area (Å²) in [5, 5.41) is 3.47. The van der Waals surface area contributed by atoms with Gasteiger partial charge in [0.2, 0.25) is 0 Å². The molecule has 0 aliphatic heterocycles. The van der Waals surface area contributed by atoms with Crippen LogP contribution >= 0.6 is 0 Å². The van der Waals surface area contributed by atoms with E-state index in [-0.39, 0.29) is 0 Å². The molecule has 1 aromatic rings. The molecule has 0 unspecified atom stereocenters. The molecule has 0 amide bonds. The molecule has 5 nitrogen and oxygen atoms in total. The second kappa shape index (κ2) is 13.2. The van der Waals surface area contributed by atoms with Gasteiger partial charge in [0.25, 0.3) is 0 Å². The fraction of sp³-hybridized carbons (Fsp3) is 0.667. The Morgan fingerprint density at radius 2 is 2.13 bits per heavy atom. The number of pyridine rings is 1. The summed E-state index contributed by atoms with van der Waals surface area (Å²) in [5.41, 5.74) is 2.15. The van der Waals surface area contributed by atoms with E-state index in [4.69, 9.17) is 4.74 Å². The monoisotopic (exact) mass is 320 g/mol. The Labute approximate surface area is 141 Å². The molecule has 1 rings (SSSR count). The van der Waals surface area contributed by atoms with E-state index >= 15 is 0 Å². The topological polar surface area (TPSA) is 49.8 Å². The number of unbranched alkanes of at least 4 members (excludes halogenated alkanes) is 1. The number of nitrogens with one attached hydrogen (secondary N) is 1. The van der Waals surface area contributed by atoms with Crippen LogP contribution in [0.25, 0.3) is 0 Å². The largest absolute Gasteiger partial charge is 0.383 e. The minimum absolute atomic E-state index is 0.656. The second-order valence-corrected chi connectivity index (χ2v) is 5.52. The molecule has 0 radical (unpaired) electrons. The van der Waals surface area contributed by atoms with Gasteiger partial charge in [-0.15, -0.1) is 0 Å². The molecule has 0 spiro atoms. The SMILES string of the molecule is CCN(CC)CCCCNCc1cc(C=NCCOC)ccn1. The molecule has 130 valence electrons. The molecular weight excluding hydrogens is 288 g/mol. The number of ether oxygens (including phenoxy) is 1. The zero-order valence-electron chi connectivity index (χ0n) is 14.9. The first-order valence-electron chi connectivity index (χ1n) is 8.66. The van der Waals surface area contributed by atoms with Gasteiger partial charge in [0, 0.05) is 26.1 Å². The molecule has 0 saturated heterocycles. The van der Waals surface area contributed by atoms with E-state index in [1.165, 1.54) is 19.4 Å². The zero-order valence-corrected chi connectivity index (χ0v) is 14.9. The Hall–Kier alpha value is -1.30. The number of rotatable bonds is 13. The molecule has 1 N–H and O–H groups in total. The van der Waals surface area contributed by atoms with Crippen LogP contribution in [0.4, 0.5) is 0 Å². The Bertz CT molecular complexity index is 433. The van der Waals surface area contributed by atoms with Gasteiger partial charge in [0.1, 0.15) is 0 Å². The number of aromatic nitrogens is 1. The molecule has 1 aromatic heterocycles. The average molecular weight is 320 g/mol. The zero-order chi connectivity index (χ0) is 16.8. The van der Waals surface area contributed by atoms with Gasteiger partial charge in [-0.25, -0.2) is 0 Å². The quantitative estimate of drug-likeness (QED) is 0.448. The summed E-state index contributed by atoms with van der Waals surface area (Å²) >= 11 is 0. The van der Waals surface area contributed by atoms with E-state index in [2.05, 4.69) is 40.1 Å². The van der Waals surface area contributed by atoms with Gasteiger partial charge in [0.15, 0.2) is 0 Å². The van der Waals surface area contributed by atoms with Crippen molar-refractivity contribution >= 4 is 6.21 Å². The summed E-state index contributed by atoms with van der Waals surface area (Å²) < 4.78 is 4.98. The molecule has 0 aliphatic carbocycles. The molecule has 23 heavy (non-hydrogen) atoms. The van der Waals surface area contributed by atoms with Crippen molar-refractivity contribution < 1.29 is 4.74 Å². The third kappa shape index (κ3) is 9.43. The highest BCUT2D eigenvalue weighted by Gasteiger charge is 1.99. The van der Waals surface area contributed by atoms with E-state index in [0.29, 0.717) is 13.2 Å². The fourth-order valence-electron chi connectivity index (χ4n) is 2.33. The lowest BCUT2D eigenvalue weighted by atomic mass is 10.2. The maximum absolute atomic E-state index is 4.98. The Morgan fingerprint density at radius 1 is 1.30 bits per heavy atom. The van der Waals surface area contributed by atoms with Crippen LogP contribution < -0.4 is 5.32 Å². The van der Waals surface area contributed by atoms with Crippen LogP contribution in [0, 0.1) is 0 Å². The van der Waals surface area contributed by atoms with Gasteiger partial charge < -0.3 is 15.0 Å². The first-order valence-corrected chi connectivity index (χ1v) is 8.66. The lowest BCUT2D eigenvalue weighted by molar-refractivity contribution is 0.208. The average Bonchev–Trinajstić information content (AvgIpc) is 2.59. The predicted octanol–water partition coefficient (Wildman–Crippen LogP) is 2.36. The summed E-state index contributed by atoms with van der Waals surface area (Å²) in [5.74, 6) is 0. The van der Waals surface area contributed by atoms with Crippen molar-refractivity contribution in [2.75, 3.05) is 46.4 Å². The van der Waals surface area contributed by atoms with Crippen molar-refractivity contribution in [2.45, 2.75) is 33.2 Å². The summed E-state index contributed by atoms with van der Waals surface area (Å²) in [7, 11) is 1.69. The van der Waals surface area contributed by atoms with Crippen LogP contribution in [0.2, 0.25) is 0 Å². The normalized spacial score (nSPS) is 11.7. The second-order valence-electron chi connectivity index (χ2n) is 5.52. The summed E-state index contributed by atoms with van der Waals surface area (Å²) in [6.07, 6.45) is 6.17. The van der Waals surface area contributed by atoms with Crippen molar-refractivity contribution in [3.8, 4) is 0 Å². The number of aliphatic imine (C=N–C) groups is 1. The summed E-state index contributed by atoms with van der Waals surface area (Å²) in [4.78, 5) is 11.2. The van der Waals surface area contributed by atoms with Crippen molar-refractivity contribution in [1.29, 1.82) is 0 Å². The Balaban J connectivity index is 2.21. The standard InChI is InChI=1S/C18H32N4O/c1-4-22(5-2)12-7-6-9-19-16-18-14-17(8-10-21-18)15-20-11-13-23-3/h8,10,14-15,19H,4-7,9,11-13,16H2,1-3H3. The summed E-state index contributed by atoms with van der Waals surface area (Å²) in [6, 6.07) is 4.06. The van der Waals surface area contributed by atoms with Crippen LogP contribution in [0.15, 0.2) is 23.3 Å². The molecule has 5 heteroatoms. The van der Waals surface area contributed by atoms with Crippen molar-refractivity contribution in [1.82, 2.24) is 15.2 Å². The van der Waals surface area contributed by atoms with Gasteiger partial charge >= 0.3 is 0 Å². The maximum Gasteiger partial charge on any atom is 0.0658 e. The fourth-order valence-corrected chi connectivity index (χ4v) is 2.33. The van der Waals surface area contributed by atoms with E-state index in [1.807, 2.05) is 18.5 Å². The molecule has 0 bridgehead atoms. The van der Waals surface area contributed by atoms with Crippen LogP contribution in [-0.4, -0.2) is 62.5 Å².